The number of esters is 1. The topological polar surface area (TPSA) is 44.8 Å². The molecule has 0 fully saturated rings. The maximum Gasteiger partial charge on any atom is 0.347 e. The summed E-state index contributed by atoms with van der Waals surface area (Å²) in [5.74, 6) is 0.988. The Morgan fingerprint density at radius 2 is 1.29 bits per heavy atom. The SMILES string of the molecule is CCC(Oc1ccc(OCc2ccccc2)cc1)C(=O)OCc1ccccc1. The fraction of sp³-hybridized carbons (Fsp3) is 0.208. The first-order valence-corrected chi connectivity index (χ1v) is 9.38. The Morgan fingerprint density at radius 3 is 1.86 bits per heavy atom. The van der Waals surface area contributed by atoms with Gasteiger partial charge in [0.25, 0.3) is 0 Å². The third-order valence-corrected chi connectivity index (χ3v) is 4.21. The van der Waals surface area contributed by atoms with E-state index in [0.29, 0.717) is 18.8 Å². The van der Waals surface area contributed by atoms with Crippen molar-refractivity contribution < 1.29 is 19.0 Å². The van der Waals surface area contributed by atoms with Crippen molar-refractivity contribution in [3.8, 4) is 11.5 Å². The first-order chi connectivity index (χ1) is 13.7. The van der Waals surface area contributed by atoms with Gasteiger partial charge in [-0.15, -0.1) is 0 Å². The van der Waals surface area contributed by atoms with Gasteiger partial charge in [0.05, 0.1) is 0 Å². The van der Waals surface area contributed by atoms with Crippen molar-refractivity contribution in [3.63, 3.8) is 0 Å². The lowest BCUT2D eigenvalue weighted by Crippen LogP contribution is -2.28. The van der Waals surface area contributed by atoms with Gasteiger partial charge in [-0.1, -0.05) is 67.6 Å². The summed E-state index contributed by atoms with van der Waals surface area (Å²) in [5.41, 5.74) is 2.06. The van der Waals surface area contributed by atoms with Crippen LogP contribution in [0, 0.1) is 0 Å². The van der Waals surface area contributed by atoms with Gasteiger partial charge < -0.3 is 14.2 Å². The molecule has 0 aliphatic rings. The van der Waals surface area contributed by atoms with Crippen molar-refractivity contribution in [1.29, 1.82) is 0 Å². The number of hydrogen-bond acceptors (Lipinski definition) is 4. The minimum absolute atomic E-state index is 0.242. The van der Waals surface area contributed by atoms with E-state index in [1.807, 2.05) is 79.7 Å². The van der Waals surface area contributed by atoms with E-state index in [1.54, 1.807) is 12.1 Å². The van der Waals surface area contributed by atoms with Crippen LogP contribution >= 0.6 is 0 Å². The number of carbonyl (C=O) groups excluding carboxylic acids is 1. The molecule has 4 nitrogen and oxygen atoms in total. The lowest BCUT2D eigenvalue weighted by molar-refractivity contribution is -0.153. The van der Waals surface area contributed by atoms with Gasteiger partial charge in [-0.05, 0) is 41.8 Å². The van der Waals surface area contributed by atoms with E-state index < -0.39 is 6.10 Å². The zero-order chi connectivity index (χ0) is 19.6. The molecule has 0 aliphatic heterocycles. The fourth-order valence-electron chi connectivity index (χ4n) is 2.64. The number of ether oxygens (including phenoxy) is 3. The first-order valence-electron chi connectivity index (χ1n) is 9.38. The second-order valence-electron chi connectivity index (χ2n) is 6.35. The summed E-state index contributed by atoms with van der Waals surface area (Å²) in [6.45, 7) is 2.64. The minimum Gasteiger partial charge on any atom is -0.489 e. The molecule has 1 unspecified atom stereocenters. The molecular weight excluding hydrogens is 352 g/mol. The molecule has 3 rings (SSSR count). The summed E-state index contributed by atoms with van der Waals surface area (Å²) < 4.78 is 16.9. The Kier molecular flexibility index (Phi) is 7.08. The van der Waals surface area contributed by atoms with E-state index >= 15 is 0 Å². The standard InChI is InChI=1S/C24H24O4/c1-2-23(24(25)27-18-20-11-7-4-8-12-20)28-22-15-13-21(14-16-22)26-17-19-9-5-3-6-10-19/h3-16,23H,2,17-18H2,1H3. The molecule has 0 aliphatic carbocycles. The normalized spacial score (nSPS) is 11.5. The Balaban J connectivity index is 1.50. The van der Waals surface area contributed by atoms with Gasteiger partial charge in [-0.25, -0.2) is 4.79 Å². The predicted octanol–water partition coefficient (Wildman–Crippen LogP) is 5.17. The van der Waals surface area contributed by atoms with Gasteiger partial charge in [-0.2, -0.15) is 0 Å². The molecule has 0 heterocycles. The number of hydrogen-bond donors (Lipinski definition) is 0. The summed E-state index contributed by atoms with van der Waals surface area (Å²) in [5, 5.41) is 0. The highest BCUT2D eigenvalue weighted by molar-refractivity contribution is 5.75. The van der Waals surface area contributed by atoms with E-state index in [2.05, 4.69) is 0 Å². The zero-order valence-electron chi connectivity index (χ0n) is 15.9. The van der Waals surface area contributed by atoms with E-state index in [1.165, 1.54) is 0 Å². The highest BCUT2D eigenvalue weighted by Gasteiger charge is 2.20. The van der Waals surface area contributed by atoms with Crippen LogP contribution in [-0.2, 0) is 22.7 Å². The molecule has 0 N–H and O–H groups in total. The van der Waals surface area contributed by atoms with Crippen molar-refractivity contribution in [2.24, 2.45) is 0 Å². The predicted molar refractivity (Wildman–Crippen MR) is 108 cm³/mol. The lowest BCUT2D eigenvalue weighted by Gasteiger charge is -2.17. The van der Waals surface area contributed by atoms with Crippen molar-refractivity contribution in [2.75, 3.05) is 0 Å². The molecule has 1 atom stereocenters. The van der Waals surface area contributed by atoms with Crippen LogP contribution < -0.4 is 9.47 Å². The molecular formula is C24H24O4. The van der Waals surface area contributed by atoms with E-state index in [-0.39, 0.29) is 12.6 Å². The molecule has 0 radical (unpaired) electrons. The number of rotatable bonds is 9. The highest BCUT2D eigenvalue weighted by atomic mass is 16.6. The first kappa shape index (κ1) is 19.5. The van der Waals surface area contributed by atoms with Crippen LogP contribution in [0.4, 0.5) is 0 Å². The molecule has 144 valence electrons. The molecule has 0 bridgehead atoms. The summed E-state index contributed by atoms with van der Waals surface area (Å²) >= 11 is 0. The van der Waals surface area contributed by atoms with Crippen LogP contribution in [0.3, 0.4) is 0 Å². The maximum atomic E-state index is 12.3. The Morgan fingerprint density at radius 1 is 0.750 bits per heavy atom. The minimum atomic E-state index is -0.639. The molecule has 0 saturated carbocycles. The molecule has 0 spiro atoms. The van der Waals surface area contributed by atoms with Crippen LogP contribution in [0.25, 0.3) is 0 Å². The largest absolute Gasteiger partial charge is 0.489 e. The van der Waals surface area contributed by atoms with Crippen molar-refractivity contribution >= 4 is 5.97 Å². The summed E-state index contributed by atoms with van der Waals surface area (Å²) in [6, 6.07) is 26.8. The Bertz CT molecular complexity index is 845. The van der Waals surface area contributed by atoms with Gasteiger partial charge in [0.2, 0.25) is 0 Å². The average molecular weight is 376 g/mol. The zero-order valence-corrected chi connectivity index (χ0v) is 15.9. The Labute approximate surface area is 165 Å². The number of carbonyl (C=O) groups is 1. The maximum absolute atomic E-state index is 12.3. The van der Waals surface area contributed by atoms with E-state index in [4.69, 9.17) is 14.2 Å². The smallest absolute Gasteiger partial charge is 0.347 e. The van der Waals surface area contributed by atoms with Crippen molar-refractivity contribution in [2.45, 2.75) is 32.7 Å². The van der Waals surface area contributed by atoms with E-state index in [0.717, 1.165) is 16.9 Å². The highest BCUT2D eigenvalue weighted by Crippen LogP contribution is 2.21. The quantitative estimate of drug-likeness (QED) is 0.484. The van der Waals surface area contributed by atoms with Crippen molar-refractivity contribution in [1.82, 2.24) is 0 Å². The van der Waals surface area contributed by atoms with Crippen LogP contribution in [-0.4, -0.2) is 12.1 Å². The van der Waals surface area contributed by atoms with Crippen LogP contribution in [0.1, 0.15) is 24.5 Å². The molecule has 4 heteroatoms. The third kappa shape index (κ3) is 5.88. The average Bonchev–Trinajstić information content (AvgIpc) is 2.76. The van der Waals surface area contributed by atoms with Gasteiger partial charge in [0.1, 0.15) is 24.7 Å². The van der Waals surface area contributed by atoms with Gasteiger partial charge in [-0.3, -0.25) is 0 Å². The van der Waals surface area contributed by atoms with Gasteiger partial charge in [0.15, 0.2) is 6.10 Å². The van der Waals surface area contributed by atoms with Crippen LogP contribution in [0.15, 0.2) is 84.9 Å². The third-order valence-electron chi connectivity index (χ3n) is 4.21. The fourth-order valence-corrected chi connectivity index (χ4v) is 2.64. The molecule has 3 aromatic rings. The van der Waals surface area contributed by atoms with Crippen LogP contribution in [0.5, 0.6) is 11.5 Å². The second kappa shape index (κ2) is 10.2. The molecule has 3 aromatic carbocycles. The Hall–Kier alpha value is -3.27. The molecule has 0 amide bonds. The molecule has 28 heavy (non-hydrogen) atoms. The molecule has 0 saturated heterocycles. The number of benzene rings is 3. The summed E-state index contributed by atoms with van der Waals surface area (Å²) in [6.07, 6.45) is -0.111. The summed E-state index contributed by atoms with van der Waals surface area (Å²) in [4.78, 5) is 12.3. The van der Waals surface area contributed by atoms with Gasteiger partial charge >= 0.3 is 5.97 Å². The van der Waals surface area contributed by atoms with E-state index in [9.17, 15) is 4.79 Å². The van der Waals surface area contributed by atoms with Gasteiger partial charge in [0, 0.05) is 0 Å². The second-order valence-corrected chi connectivity index (χ2v) is 6.35. The monoisotopic (exact) mass is 376 g/mol. The van der Waals surface area contributed by atoms with Crippen LogP contribution in [0.2, 0.25) is 0 Å². The summed E-state index contributed by atoms with van der Waals surface area (Å²) in [7, 11) is 0. The lowest BCUT2D eigenvalue weighted by atomic mass is 10.2. The molecule has 0 aromatic heterocycles. The van der Waals surface area contributed by atoms with Crippen molar-refractivity contribution in [3.05, 3.63) is 96.1 Å².